The summed E-state index contributed by atoms with van der Waals surface area (Å²) in [6.45, 7) is 9.82. The Balaban J connectivity index is 0.00000264. The number of hydrogen-bond donors (Lipinski definition) is 2. The van der Waals surface area contributed by atoms with Crippen molar-refractivity contribution in [2.24, 2.45) is 4.99 Å². The van der Waals surface area contributed by atoms with Crippen LogP contribution in [0.1, 0.15) is 46.0 Å². The van der Waals surface area contributed by atoms with Crippen LogP contribution in [0.15, 0.2) is 10.4 Å². The second-order valence-corrected chi connectivity index (χ2v) is 7.53. The second-order valence-electron chi connectivity index (χ2n) is 5.35. The molecule has 2 aromatic heterocycles. The van der Waals surface area contributed by atoms with Gasteiger partial charge in [0, 0.05) is 23.2 Å². The first-order valence-electron chi connectivity index (χ1n) is 7.31. The van der Waals surface area contributed by atoms with Crippen LogP contribution in [-0.4, -0.2) is 23.0 Å². The first-order valence-corrected chi connectivity index (χ1v) is 9.01. The fourth-order valence-electron chi connectivity index (χ4n) is 1.97. The van der Waals surface area contributed by atoms with Crippen molar-refractivity contribution >= 4 is 52.6 Å². The summed E-state index contributed by atoms with van der Waals surface area (Å²) in [6, 6.07) is 0. The molecule has 2 rings (SSSR count). The molecule has 0 atom stereocenters. The Kier molecular flexibility index (Phi) is 8.41. The van der Waals surface area contributed by atoms with Crippen LogP contribution in [0.3, 0.4) is 0 Å². The van der Waals surface area contributed by atoms with Crippen molar-refractivity contribution in [1.82, 2.24) is 20.6 Å². The molecule has 128 valence electrons. The van der Waals surface area contributed by atoms with Crippen molar-refractivity contribution in [1.29, 1.82) is 0 Å². The van der Waals surface area contributed by atoms with Gasteiger partial charge in [-0.05, 0) is 13.8 Å². The van der Waals surface area contributed by atoms with Gasteiger partial charge in [-0.3, -0.25) is 4.99 Å². The zero-order valence-electron chi connectivity index (χ0n) is 14.1. The standard InChI is InChI=1S/C15H23N5S2.HI/c1-9(2)14-20-12(8-21-14)6-17-15(16-5)18-7-13-10(3)19-11(4)22-13;/h8-9H,6-7H2,1-5H3,(H2,16,17,18);1H. The molecule has 0 aromatic carbocycles. The highest BCUT2D eigenvalue weighted by atomic mass is 127. The fourth-order valence-corrected chi connectivity index (χ4v) is 3.68. The Bertz CT molecular complexity index is 648. The zero-order chi connectivity index (χ0) is 16.1. The predicted octanol–water partition coefficient (Wildman–Crippen LogP) is 3.82. The maximum Gasteiger partial charge on any atom is 0.191 e. The van der Waals surface area contributed by atoms with Gasteiger partial charge in [0.25, 0.3) is 0 Å². The van der Waals surface area contributed by atoms with Crippen LogP contribution in [0.5, 0.6) is 0 Å². The van der Waals surface area contributed by atoms with E-state index in [2.05, 4.69) is 44.8 Å². The lowest BCUT2D eigenvalue weighted by molar-refractivity contribution is 0.785. The minimum atomic E-state index is 0. The summed E-state index contributed by atoms with van der Waals surface area (Å²) in [5, 5.41) is 11.0. The van der Waals surface area contributed by atoms with Crippen LogP contribution in [-0.2, 0) is 13.1 Å². The van der Waals surface area contributed by atoms with Gasteiger partial charge < -0.3 is 10.6 Å². The molecule has 0 fully saturated rings. The summed E-state index contributed by atoms with van der Waals surface area (Å²) < 4.78 is 0. The van der Waals surface area contributed by atoms with E-state index in [-0.39, 0.29) is 24.0 Å². The summed E-state index contributed by atoms with van der Waals surface area (Å²) in [4.78, 5) is 14.6. The molecule has 0 aliphatic carbocycles. The van der Waals surface area contributed by atoms with E-state index in [1.54, 1.807) is 29.7 Å². The van der Waals surface area contributed by atoms with E-state index in [1.807, 2.05) is 13.8 Å². The molecule has 0 saturated heterocycles. The Labute approximate surface area is 163 Å². The van der Waals surface area contributed by atoms with Crippen molar-refractivity contribution in [3.8, 4) is 0 Å². The molecule has 2 aromatic rings. The van der Waals surface area contributed by atoms with Gasteiger partial charge in [0.05, 0.1) is 34.5 Å². The van der Waals surface area contributed by atoms with Crippen LogP contribution in [0, 0.1) is 13.8 Å². The first kappa shape index (κ1) is 20.3. The lowest BCUT2D eigenvalue weighted by Gasteiger charge is -2.10. The Morgan fingerprint density at radius 2 is 1.91 bits per heavy atom. The molecule has 0 bridgehead atoms. The average Bonchev–Trinajstić information content (AvgIpc) is 3.06. The van der Waals surface area contributed by atoms with Gasteiger partial charge in [0.1, 0.15) is 0 Å². The van der Waals surface area contributed by atoms with Crippen LogP contribution in [0.4, 0.5) is 0 Å². The van der Waals surface area contributed by atoms with E-state index in [1.165, 1.54) is 9.88 Å². The van der Waals surface area contributed by atoms with Gasteiger partial charge in [-0.15, -0.1) is 46.7 Å². The molecule has 8 heteroatoms. The van der Waals surface area contributed by atoms with Gasteiger partial charge in [-0.2, -0.15) is 0 Å². The highest BCUT2D eigenvalue weighted by molar-refractivity contribution is 14.0. The molecule has 5 nitrogen and oxygen atoms in total. The van der Waals surface area contributed by atoms with Crippen molar-refractivity contribution < 1.29 is 0 Å². The van der Waals surface area contributed by atoms with E-state index >= 15 is 0 Å². The highest BCUT2D eigenvalue weighted by Gasteiger charge is 2.08. The third-order valence-electron chi connectivity index (χ3n) is 3.14. The molecule has 0 saturated carbocycles. The van der Waals surface area contributed by atoms with Crippen molar-refractivity contribution in [2.75, 3.05) is 7.05 Å². The van der Waals surface area contributed by atoms with Gasteiger partial charge in [0.2, 0.25) is 0 Å². The number of rotatable bonds is 5. The molecule has 23 heavy (non-hydrogen) atoms. The Morgan fingerprint density at radius 3 is 2.43 bits per heavy atom. The quantitative estimate of drug-likeness (QED) is 0.401. The largest absolute Gasteiger partial charge is 0.351 e. The zero-order valence-corrected chi connectivity index (χ0v) is 18.1. The summed E-state index contributed by atoms with van der Waals surface area (Å²) in [6.07, 6.45) is 0. The minimum Gasteiger partial charge on any atom is -0.351 e. The highest BCUT2D eigenvalue weighted by Crippen LogP contribution is 2.19. The number of guanidine groups is 1. The molecule has 0 unspecified atom stereocenters. The summed E-state index contributed by atoms with van der Waals surface area (Å²) >= 11 is 3.43. The maximum absolute atomic E-state index is 4.62. The number of nitrogens with one attached hydrogen (secondary N) is 2. The third kappa shape index (κ3) is 6.00. The van der Waals surface area contributed by atoms with Gasteiger partial charge in [0.15, 0.2) is 5.96 Å². The lowest BCUT2D eigenvalue weighted by atomic mass is 10.2. The normalized spacial score (nSPS) is 11.5. The third-order valence-corrected chi connectivity index (χ3v) is 5.41. The number of aliphatic imine (C=N–C) groups is 1. The van der Waals surface area contributed by atoms with Crippen molar-refractivity contribution in [3.05, 3.63) is 31.7 Å². The van der Waals surface area contributed by atoms with E-state index in [0.717, 1.165) is 28.9 Å². The van der Waals surface area contributed by atoms with Crippen molar-refractivity contribution in [2.45, 2.75) is 46.7 Å². The molecule has 2 heterocycles. The average molecular weight is 465 g/mol. The van der Waals surface area contributed by atoms with E-state index < -0.39 is 0 Å². The lowest BCUT2D eigenvalue weighted by Crippen LogP contribution is -2.36. The first-order chi connectivity index (χ1) is 10.5. The number of nitrogens with zero attached hydrogens (tertiary/aromatic N) is 3. The maximum atomic E-state index is 4.62. The van der Waals surface area contributed by atoms with E-state index in [0.29, 0.717) is 12.5 Å². The number of aromatic nitrogens is 2. The second kappa shape index (κ2) is 9.53. The van der Waals surface area contributed by atoms with Crippen LogP contribution < -0.4 is 10.6 Å². The Hall–Kier alpha value is -0.740. The molecule has 0 aliphatic heterocycles. The monoisotopic (exact) mass is 465 g/mol. The van der Waals surface area contributed by atoms with Crippen LogP contribution in [0.25, 0.3) is 0 Å². The SMILES string of the molecule is CN=C(NCc1csc(C(C)C)n1)NCc1sc(C)nc1C.I. The number of hydrogen-bond acceptors (Lipinski definition) is 5. The molecular formula is C15H24IN5S2. The number of halogens is 1. The van der Waals surface area contributed by atoms with Gasteiger partial charge in [-0.25, -0.2) is 9.97 Å². The molecular weight excluding hydrogens is 441 g/mol. The predicted molar refractivity (Wildman–Crippen MR) is 110 cm³/mol. The fraction of sp³-hybridized carbons (Fsp3) is 0.533. The molecule has 2 N–H and O–H groups in total. The summed E-state index contributed by atoms with van der Waals surface area (Å²) in [7, 11) is 1.78. The number of thiazole rings is 2. The van der Waals surface area contributed by atoms with Crippen molar-refractivity contribution in [3.63, 3.8) is 0 Å². The van der Waals surface area contributed by atoms with Gasteiger partial charge >= 0.3 is 0 Å². The van der Waals surface area contributed by atoms with Crippen LogP contribution in [0.2, 0.25) is 0 Å². The smallest absolute Gasteiger partial charge is 0.191 e. The molecule has 0 spiro atoms. The summed E-state index contributed by atoms with van der Waals surface area (Å²) in [5.41, 5.74) is 2.15. The van der Waals surface area contributed by atoms with Crippen LogP contribution >= 0.6 is 46.7 Å². The summed E-state index contributed by atoms with van der Waals surface area (Å²) in [5.74, 6) is 1.26. The topological polar surface area (TPSA) is 62.2 Å². The molecule has 0 amide bonds. The number of aryl methyl sites for hydroxylation is 2. The molecule has 0 radical (unpaired) electrons. The molecule has 0 aliphatic rings. The van der Waals surface area contributed by atoms with E-state index in [9.17, 15) is 0 Å². The minimum absolute atomic E-state index is 0. The van der Waals surface area contributed by atoms with E-state index in [4.69, 9.17) is 0 Å². The Morgan fingerprint density at radius 1 is 1.22 bits per heavy atom. The van der Waals surface area contributed by atoms with Gasteiger partial charge in [-0.1, -0.05) is 13.8 Å².